The molecule has 0 atom stereocenters. The van der Waals surface area contributed by atoms with Crippen molar-refractivity contribution in [1.29, 1.82) is 5.41 Å². The van der Waals surface area contributed by atoms with Crippen molar-refractivity contribution in [2.45, 2.75) is 26.3 Å². The van der Waals surface area contributed by atoms with Crippen LogP contribution in [0.4, 0.5) is 0 Å². The number of hydrogen-bond donors (Lipinski definition) is 2. The molecule has 17 heavy (non-hydrogen) atoms. The number of ether oxygens (including phenoxy) is 1. The average Bonchev–Trinajstić information content (AvgIpc) is 2.26. The molecule has 1 aromatic rings. The molecular formula is C11H18N4O2. The smallest absolute Gasteiger partial charge is 0.277 e. The molecular weight excluding hydrogens is 220 g/mol. The van der Waals surface area contributed by atoms with E-state index in [-0.39, 0.29) is 22.9 Å². The zero-order valence-electron chi connectivity index (χ0n) is 10.4. The zero-order chi connectivity index (χ0) is 13.0. The first-order chi connectivity index (χ1) is 7.97. The van der Waals surface area contributed by atoms with Crippen molar-refractivity contribution >= 4 is 5.84 Å². The molecule has 0 aliphatic heterocycles. The predicted molar refractivity (Wildman–Crippen MR) is 65.5 cm³/mol. The maximum absolute atomic E-state index is 11.9. The summed E-state index contributed by atoms with van der Waals surface area (Å²) in [5.41, 5.74) is 5.98. The van der Waals surface area contributed by atoms with Gasteiger partial charge in [-0.05, 0) is 12.0 Å². The van der Waals surface area contributed by atoms with Crippen LogP contribution in [0, 0.1) is 5.41 Å². The summed E-state index contributed by atoms with van der Waals surface area (Å²) in [5, 5.41) is 11.6. The summed E-state index contributed by atoms with van der Waals surface area (Å²) in [6.07, 6.45) is 0. The monoisotopic (exact) mass is 238 g/mol. The highest BCUT2D eigenvalue weighted by atomic mass is 16.5. The molecule has 0 saturated heterocycles. The highest BCUT2D eigenvalue weighted by molar-refractivity contribution is 5.94. The summed E-state index contributed by atoms with van der Waals surface area (Å²) in [4.78, 5) is 11.9. The van der Waals surface area contributed by atoms with Crippen LogP contribution in [0.3, 0.4) is 0 Å². The third-order valence-corrected chi connectivity index (χ3v) is 2.38. The van der Waals surface area contributed by atoms with E-state index < -0.39 is 0 Å². The van der Waals surface area contributed by atoms with Gasteiger partial charge in [-0.3, -0.25) is 10.2 Å². The molecule has 6 nitrogen and oxygen atoms in total. The van der Waals surface area contributed by atoms with Crippen LogP contribution >= 0.6 is 0 Å². The van der Waals surface area contributed by atoms with Crippen LogP contribution in [0.5, 0.6) is 0 Å². The molecule has 0 radical (unpaired) electrons. The molecule has 0 aliphatic carbocycles. The van der Waals surface area contributed by atoms with Gasteiger partial charge >= 0.3 is 0 Å². The molecule has 0 spiro atoms. The van der Waals surface area contributed by atoms with Crippen LogP contribution in [0.15, 0.2) is 10.9 Å². The van der Waals surface area contributed by atoms with E-state index in [9.17, 15) is 4.79 Å². The number of aromatic nitrogens is 2. The summed E-state index contributed by atoms with van der Waals surface area (Å²) in [6.45, 7) is 4.69. The molecule has 0 unspecified atom stereocenters. The Labute approximate surface area is 99.9 Å². The van der Waals surface area contributed by atoms with Gasteiger partial charge in [0.2, 0.25) is 0 Å². The zero-order valence-corrected chi connectivity index (χ0v) is 10.4. The van der Waals surface area contributed by atoms with Gasteiger partial charge in [0, 0.05) is 7.11 Å². The Balaban J connectivity index is 3.28. The molecule has 1 heterocycles. The van der Waals surface area contributed by atoms with Crippen molar-refractivity contribution in [3.8, 4) is 0 Å². The molecule has 0 aliphatic rings. The highest BCUT2D eigenvalue weighted by Gasteiger charge is 2.12. The summed E-state index contributed by atoms with van der Waals surface area (Å²) in [5.74, 6) is -0.0621. The minimum absolute atomic E-state index is 0.169. The van der Waals surface area contributed by atoms with E-state index in [1.54, 1.807) is 13.2 Å². The van der Waals surface area contributed by atoms with Crippen molar-refractivity contribution in [3.05, 3.63) is 27.7 Å². The molecule has 94 valence electrons. The van der Waals surface area contributed by atoms with Gasteiger partial charge in [-0.25, -0.2) is 4.68 Å². The summed E-state index contributed by atoms with van der Waals surface area (Å²) in [7, 11) is 1.56. The second-order valence-electron chi connectivity index (χ2n) is 4.07. The van der Waals surface area contributed by atoms with E-state index in [2.05, 4.69) is 5.10 Å². The maximum atomic E-state index is 11.9. The van der Waals surface area contributed by atoms with E-state index in [0.717, 1.165) is 5.69 Å². The number of nitrogens with one attached hydrogen (secondary N) is 1. The van der Waals surface area contributed by atoms with Gasteiger partial charge in [0.15, 0.2) is 0 Å². The van der Waals surface area contributed by atoms with Gasteiger partial charge in [-0.1, -0.05) is 13.8 Å². The molecule has 0 fully saturated rings. The number of nitrogens with zero attached hydrogens (tertiary/aromatic N) is 2. The maximum Gasteiger partial charge on any atom is 0.277 e. The Kier molecular flexibility index (Phi) is 4.39. The highest BCUT2D eigenvalue weighted by Crippen LogP contribution is 2.10. The third kappa shape index (κ3) is 3.13. The van der Waals surface area contributed by atoms with Crippen molar-refractivity contribution in [1.82, 2.24) is 9.78 Å². The molecule has 0 saturated carbocycles. The lowest BCUT2D eigenvalue weighted by Crippen LogP contribution is -2.33. The molecule has 0 aromatic carbocycles. The van der Waals surface area contributed by atoms with Crippen LogP contribution in [0.1, 0.15) is 31.0 Å². The van der Waals surface area contributed by atoms with E-state index in [1.807, 2.05) is 13.8 Å². The Morgan fingerprint density at radius 3 is 2.76 bits per heavy atom. The Hall–Kier alpha value is -1.69. The predicted octanol–water partition coefficient (Wildman–Crippen LogP) is 0.297. The van der Waals surface area contributed by atoms with Crippen LogP contribution in [-0.2, 0) is 11.3 Å². The van der Waals surface area contributed by atoms with E-state index >= 15 is 0 Å². The molecule has 1 aromatic heterocycles. The largest absolute Gasteiger partial charge is 0.384 e. The number of nitrogen functional groups attached to an aromatic ring is 1. The van der Waals surface area contributed by atoms with Gasteiger partial charge in [0.05, 0.1) is 24.4 Å². The molecule has 0 amide bonds. The number of rotatable bonds is 5. The van der Waals surface area contributed by atoms with Gasteiger partial charge in [0.1, 0.15) is 5.84 Å². The quantitative estimate of drug-likeness (QED) is 0.569. The minimum atomic E-state index is -0.348. The van der Waals surface area contributed by atoms with Crippen LogP contribution in [0.2, 0.25) is 0 Å². The lowest BCUT2D eigenvalue weighted by molar-refractivity contribution is 0.181. The van der Waals surface area contributed by atoms with Gasteiger partial charge < -0.3 is 10.5 Å². The van der Waals surface area contributed by atoms with Crippen molar-refractivity contribution in [2.24, 2.45) is 5.73 Å². The summed E-state index contributed by atoms with van der Waals surface area (Å²) in [6, 6.07) is 1.58. The van der Waals surface area contributed by atoms with Gasteiger partial charge in [-0.2, -0.15) is 5.10 Å². The number of nitrogens with two attached hydrogens (primary N) is 1. The Bertz CT molecular complexity index is 465. The van der Waals surface area contributed by atoms with Crippen LogP contribution in [0.25, 0.3) is 0 Å². The first-order valence-corrected chi connectivity index (χ1v) is 5.42. The topological polar surface area (TPSA) is 94.0 Å². The van der Waals surface area contributed by atoms with E-state index in [1.165, 1.54) is 4.68 Å². The Morgan fingerprint density at radius 2 is 2.29 bits per heavy atom. The first kappa shape index (κ1) is 13.4. The number of methoxy groups -OCH3 is 1. The standard InChI is InChI=1S/C11H18N4O2/c1-7(2)9-6-8(10(12)13)11(16)15(14-9)4-5-17-3/h6-7H,4-5H2,1-3H3,(H3,12,13). The molecule has 3 N–H and O–H groups in total. The molecule has 0 bridgehead atoms. The van der Waals surface area contributed by atoms with Gasteiger partial charge in [-0.15, -0.1) is 0 Å². The Morgan fingerprint density at radius 1 is 1.65 bits per heavy atom. The molecule has 6 heteroatoms. The van der Waals surface area contributed by atoms with Crippen molar-refractivity contribution < 1.29 is 4.74 Å². The first-order valence-electron chi connectivity index (χ1n) is 5.42. The van der Waals surface area contributed by atoms with E-state index in [0.29, 0.717) is 13.2 Å². The van der Waals surface area contributed by atoms with Crippen molar-refractivity contribution in [3.63, 3.8) is 0 Å². The lowest BCUT2D eigenvalue weighted by Gasteiger charge is -2.11. The van der Waals surface area contributed by atoms with Gasteiger partial charge in [0.25, 0.3) is 5.56 Å². The minimum Gasteiger partial charge on any atom is -0.384 e. The summed E-state index contributed by atoms with van der Waals surface area (Å²) >= 11 is 0. The van der Waals surface area contributed by atoms with Crippen molar-refractivity contribution in [2.75, 3.05) is 13.7 Å². The fourth-order valence-electron chi connectivity index (χ4n) is 1.37. The normalized spacial score (nSPS) is 10.8. The number of hydrogen-bond acceptors (Lipinski definition) is 4. The number of amidine groups is 1. The summed E-state index contributed by atoms with van der Waals surface area (Å²) < 4.78 is 6.22. The van der Waals surface area contributed by atoms with Crippen LogP contribution < -0.4 is 11.3 Å². The fourth-order valence-corrected chi connectivity index (χ4v) is 1.37. The molecule has 1 rings (SSSR count). The average molecular weight is 238 g/mol. The van der Waals surface area contributed by atoms with Crippen LogP contribution in [-0.4, -0.2) is 29.3 Å². The third-order valence-electron chi connectivity index (χ3n) is 2.38. The lowest BCUT2D eigenvalue weighted by atomic mass is 10.1. The van der Waals surface area contributed by atoms with E-state index in [4.69, 9.17) is 15.9 Å². The second kappa shape index (κ2) is 5.58. The SMILES string of the molecule is COCCn1nc(C(C)C)cc(C(=N)N)c1=O. The fraction of sp³-hybridized carbons (Fsp3) is 0.545. The second-order valence-corrected chi connectivity index (χ2v) is 4.07.